The normalized spacial score (nSPS) is 22.6. The lowest BCUT2D eigenvalue weighted by Crippen LogP contribution is -2.18. The van der Waals surface area contributed by atoms with Crippen LogP contribution in [0.1, 0.15) is 24.3 Å². The SMILES string of the molecule is O=C1Nc2c(OC(F)(F)F)cccc2C1C1CC1. The molecule has 1 N–H and O–H groups in total. The summed E-state index contributed by atoms with van der Waals surface area (Å²) in [5.74, 6) is -0.633. The van der Waals surface area contributed by atoms with Crippen molar-refractivity contribution in [2.24, 2.45) is 5.92 Å². The van der Waals surface area contributed by atoms with Crippen molar-refractivity contribution >= 4 is 11.6 Å². The van der Waals surface area contributed by atoms with Crippen molar-refractivity contribution in [1.29, 1.82) is 0 Å². The number of halogens is 3. The predicted octanol–water partition coefficient (Wildman–Crippen LogP) is 3.03. The second-order valence-corrected chi connectivity index (χ2v) is 4.57. The van der Waals surface area contributed by atoms with E-state index < -0.39 is 6.36 Å². The molecule has 1 aromatic carbocycles. The van der Waals surface area contributed by atoms with Crippen molar-refractivity contribution < 1.29 is 22.7 Å². The molecule has 1 aromatic rings. The van der Waals surface area contributed by atoms with Crippen molar-refractivity contribution in [3.05, 3.63) is 23.8 Å². The lowest BCUT2D eigenvalue weighted by atomic mass is 9.96. The Morgan fingerprint density at radius 3 is 2.61 bits per heavy atom. The van der Waals surface area contributed by atoms with Gasteiger partial charge in [-0.1, -0.05) is 12.1 Å². The van der Waals surface area contributed by atoms with Gasteiger partial charge >= 0.3 is 6.36 Å². The molecule has 1 aliphatic carbocycles. The molecule has 0 bridgehead atoms. The number of nitrogens with one attached hydrogen (secondary N) is 1. The van der Waals surface area contributed by atoms with E-state index in [0.717, 1.165) is 12.8 Å². The number of para-hydroxylation sites is 1. The minimum atomic E-state index is -4.75. The summed E-state index contributed by atoms with van der Waals surface area (Å²) >= 11 is 0. The molecule has 0 radical (unpaired) electrons. The molecule has 1 amide bonds. The van der Waals surface area contributed by atoms with Crippen LogP contribution in [0, 0.1) is 5.92 Å². The van der Waals surface area contributed by atoms with Crippen LogP contribution in [0.4, 0.5) is 18.9 Å². The average molecular weight is 257 g/mol. The smallest absolute Gasteiger partial charge is 0.404 e. The third-order valence-electron chi connectivity index (χ3n) is 3.24. The van der Waals surface area contributed by atoms with Crippen molar-refractivity contribution in [2.45, 2.75) is 25.1 Å². The first kappa shape index (κ1) is 11.4. The molecule has 2 aliphatic rings. The minimum Gasteiger partial charge on any atom is -0.404 e. The molecule has 1 aliphatic heterocycles. The fourth-order valence-corrected chi connectivity index (χ4v) is 2.39. The number of fused-ring (bicyclic) bond motifs is 1. The fourth-order valence-electron chi connectivity index (χ4n) is 2.39. The van der Waals surface area contributed by atoms with Gasteiger partial charge in [-0.05, 0) is 30.4 Å². The second-order valence-electron chi connectivity index (χ2n) is 4.57. The van der Waals surface area contributed by atoms with Crippen LogP contribution in [0.2, 0.25) is 0 Å². The fraction of sp³-hybridized carbons (Fsp3) is 0.417. The highest BCUT2D eigenvalue weighted by Crippen LogP contribution is 2.50. The number of hydrogen-bond donors (Lipinski definition) is 1. The molecule has 18 heavy (non-hydrogen) atoms. The molecule has 6 heteroatoms. The Kier molecular flexibility index (Phi) is 2.30. The highest BCUT2D eigenvalue weighted by Gasteiger charge is 2.44. The van der Waals surface area contributed by atoms with E-state index in [1.165, 1.54) is 12.1 Å². The van der Waals surface area contributed by atoms with Crippen LogP contribution in [0.15, 0.2) is 18.2 Å². The molecule has 3 nitrogen and oxygen atoms in total. The van der Waals surface area contributed by atoms with Gasteiger partial charge in [0.15, 0.2) is 5.75 Å². The van der Waals surface area contributed by atoms with Crippen LogP contribution >= 0.6 is 0 Å². The number of ether oxygens (including phenoxy) is 1. The van der Waals surface area contributed by atoms with Crippen molar-refractivity contribution in [3.8, 4) is 5.75 Å². The summed E-state index contributed by atoms with van der Waals surface area (Å²) in [6, 6.07) is 4.37. The number of alkyl halides is 3. The lowest BCUT2D eigenvalue weighted by Gasteiger charge is -2.12. The average Bonchev–Trinajstić information content (AvgIpc) is 3.00. The molecule has 1 unspecified atom stereocenters. The number of benzene rings is 1. The van der Waals surface area contributed by atoms with Gasteiger partial charge in [-0.2, -0.15) is 0 Å². The number of carbonyl (C=O) groups excluding carboxylic acids is 1. The highest BCUT2D eigenvalue weighted by atomic mass is 19.4. The van der Waals surface area contributed by atoms with Gasteiger partial charge < -0.3 is 10.1 Å². The van der Waals surface area contributed by atoms with Gasteiger partial charge in [-0.15, -0.1) is 13.2 Å². The maximum Gasteiger partial charge on any atom is 0.573 e. The standard InChI is InChI=1S/C12H10F3NO2/c13-12(14,15)18-8-3-1-2-7-9(6-4-5-6)11(17)16-10(7)8/h1-3,6,9H,4-5H2,(H,16,17). The molecule has 1 atom stereocenters. The van der Waals surface area contributed by atoms with Gasteiger partial charge in [0.25, 0.3) is 0 Å². The Morgan fingerprint density at radius 1 is 1.28 bits per heavy atom. The third-order valence-corrected chi connectivity index (χ3v) is 3.24. The van der Waals surface area contributed by atoms with Crippen LogP contribution in [0.3, 0.4) is 0 Å². The first-order valence-corrected chi connectivity index (χ1v) is 5.65. The van der Waals surface area contributed by atoms with Gasteiger partial charge in [0, 0.05) is 0 Å². The van der Waals surface area contributed by atoms with E-state index in [0.29, 0.717) is 5.56 Å². The molecule has 96 valence electrons. The minimum absolute atomic E-state index is 0.164. The number of rotatable bonds is 2. The monoisotopic (exact) mass is 257 g/mol. The van der Waals surface area contributed by atoms with Gasteiger partial charge in [0.1, 0.15) is 0 Å². The zero-order chi connectivity index (χ0) is 12.9. The molecule has 3 rings (SSSR count). The quantitative estimate of drug-likeness (QED) is 0.884. The molecule has 1 saturated carbocycles. The van der Waals surface area contributed by atoms with Crippen molar-refractivity contribution in [1.82, 2.24) is 0 Å². The number of hydrogen-bond acceptors (Lipinski definition) is 2. The van der Waals surface area contributed by atoms with Crippen LogP contribution in [0.25, 0.3) is 0 Å². The Hall–Kier alpha value is -1.72. The van der Waals surface area contributed by atoms with E-state index in [9.17, 15) is 18.0 Å². The van der Waals surface area contributed by atoms with Crippen LogP contribution in [0.5, 0.6) is 5.75 Å². The molecule has 1 heterocycles. The molecule has 0 spiro atoms. The third kappa shape index (κ3) is 1.91. The summed E-state index contributed by atoms with van der Waals surface area (Å²) in [5.41, 5.74) is 0.779. The van der Waals surface area contributed by atoms with Gasteiger partial charge in [-0.3, -0.25) is 4.79 Å². The first-order chi connectivity index (χ1) is 8.46. The largest absolute Gasteiger partial charge is 0.573 e. The van der Waals surface area contributed by atoms with Gasteiger partial charge in [0.05, 0.1) is 11.6 Å². The number of amides is 1. The Balaban J connectivity index is 1.98. The van der Waals surface area contributed by atoms with E-state index in [-0.39, 0.29) is 29.2 Å². The lowest BCUT2D eigenvalue weighted by molar-refractivity contribution is -0.274. The molecule has 0 saturated heterocycles. The van der Waals surface area contributed by atoms with Gasteiger partial charge in [-0.25, -0.2) is 0 Å². The van der Waals surface area contributed by atoms with E-state index in [2.05, 4.69) is 10.1 Å². The summed E-state index contributed by atoms with van der Waals surface area (Å²) < 4.78 is 40.6. The van der Waals surface area contributed by atoms with Crippen LogP contribution in [-0.2, 0) is 4.79 Å². The molecular weight excluding hydrogens is 247 g/mol. The van der Waals surface area contributed by atoms with Crippen molar-refractivity contribution in [3.63, 3.8) is 0 Å². The topological polar surface area (TPSA) is 38.3 Å². The maximum atomic E-state index is 12.2. The van der Waals surface area contributed by atoms with E-state index in [1.54, 1.807) is 6.07 Å². The predicted molar refractivity (Wildman–Crippen MR) is 57.2 cm³/mol. The van der Waals surface area contributed by atoms with Gasteiger partial charge in [0.2, 0.25) is 5.91 Å². The molecule has 1 fully saturated rings. The zero-order valence-electron chi connectivity index (χ0n) is 9.25. The van der Waals surface area contributed by atoms with Crippen LogP contribution in [-0.4, -0.2) is 12.3 Å². The summed E-state index contributed by atoms with van der Waals surface area (Å²) in [7, 11) is 0. The maximum absolute atomic E-state index is 12.2. The first-order valence-electron chi connectivity index (χ1n) is 5.65. The summed E-state index contributed by atoms with van der Waals surface area (Å²) in [4.78, 5) is 11.8. The highest BCUT2D eigenvalue weighted by molar-refractivity contribution is 6.04. The Bertz CT molecular complexity index is 509. The Labute approximate surface area is 101 Å². The summed E-state index contributed by atoms with van der Waals surface area (Å²) in [6.07, 6.45) is -2.86. The zero-order valence-corrected chi connectivity index (χ0v) is 9.25. The molecule has 0 aromatic heterocycles. The van der Waals surface area contributed by atoms with E-state index in [1.807, 2.05) is 0 Å². The number of anilines is 1. The summed E-state index contributed by atoms with van der Waals surface area (Å²) in [6.45, 7) is 0. The van der Waals surface area contributed by atoms with Crippen LogP contribution < -0.4 is 10.1 Å². The summed E-state index contributed by atoms with van der Waals surface area (Å²) in [5, 5.41) is 2.50. The van der Waals surface area contributed by atoms with E-state index in [4.69, 9.17) is 0 Å². The Morgan fingerprint density at radius 2 is 2.00 bits per heavy atom. The number of carbonyl (C=O) groups is 1. The van der Waals surface area contributed by atoms with Crippen molar-refractivity contribution in [2.75, 3.05) is 5.32 Å². The molecular formula is C12H10F3NO2. The second kappa shape index (κ2) is 3.63. The van der Waals surface area contributed by atoms with E-state index >= 15 is 0 Å².